The van der Waals surface area contributed by atoms with Gasteiger partial charge in [0.1, 0.15) is 12.4 Å². The number of likely N-dealkylation sites (tertiary alicyclic amines) is 1. The van der Waals surface area contributed by atoms with Crippen molar-refractivity contribution in [2.24, 2.45) is 0 Å². The Morgan fingerprint density at radius 3 is 2.02 bits per heavy atom. The van der Waals surface area contributed by atoms with Crippen molar-refractivity contribution in [1.29, 1.82) is 0 Å². The molecule has 1 aliphatic heterocycles. The van der Waals surface area contributed by atoms with E-state index in [2.05, 4.69) is 0 Å². The van der Waals surface area contributed by atoms with Crippen LogP contribution >= 0.6 is 0 Å². The van der Waals surface area contributed by atoms with Gasteiger partial charge < -0.3 is 14.7 Å². The van der Waals surface area contributed by atoms with Crippen LogP contribution in [0.4, 0.5) is 22.4 Å². The van der Waals surface area contributed by atoms with Gasteiger partial charge in [-0.1, -0.05) is 84.9 Å². The van der Waals surface area contributed by atoms with Crippen LogP contribution in [0.3, 0.4) is 0 Å². The molecule has 2 unspecified atom stereocenters. The number of amides is 1. The van der Waals surface area contributed by atoms with Crippen molar-refractivity contribution in [2.75, 3.05) is 13.1 Å². The average Bonchev–Trinajstić information content (AvgIpc) is 3.47. The van der Waals surface area contributed by atoms with Crippen LogP contribution in [0.15, 0.2) is 114 Å². The molecular formula is C32H27F4NO4S. The minimum atomic E-state index is -5.03. The minimum Gasteiger partial charge on any atom is -0.445 e. The summed E-state index contributed by atoms with van der Waals surface area (Å²) in [5.41, 5.74) is -2.84. The quantitative estimate of drug-likeness (QED) is 0.242. The number of halogens is 4. The van der Waals surface area contributed by atoms with Crippen molar-refractivity contribution >= 4 is 16.9 Å². The molecule has 0 bridgehead atoms. The molecule has 1 heterocycles. The Balaban J connectivity index is 1.49. The first kappa shape index (κ1) is 29.5. The lowest BCUT2D eigenvalue weighted by Gasteiger charge is -2.33. The summed E-state index contributed by atoms with van der Waals surface area (Å²) >= 11 is 0. The van der Waals surface area contributed by atoms with Gasteiger partial charge in [-0.05, 0) is 52.9 Å². The highest BCUT2D eigenvalue weighted by molar-refractivity contribution is 7.86. The van der Waals surface area contributed by atoms with Gasteiger partial charge in [0.05, 0.1) is 15.5 Å². The summed E-state index contributed by atoms with van der Waals surface area (Å²) in [5, 5.41) is 11.0. The molecule has 42 heavy (non-hydrogen) atoms. The first-order chi connectivity index (χ1) is 20.0. The number of benzene rings is 4. The normalized spacial score (nSPS) is 19.2. The molecule has 0 radical (unpaired) electrons. The van der Waals surface area contributed by atoms with Gasteiger partial charge in [-0.2, -0.15) is 13.2 Å². The number of aliphatic hydroxyl groups is 1. The Labute approximate surface area is 242 Å². The molecule has 1 fully saturated rings. The lowest BCUT2D eigenvalue weighted by Crippen LogP contribution is -2.43. The molecule has 5 nitrogen and oxygen atoms in total. The summed E-state index contributed by atoms with van der Waals surface area (Å²) in [5.74, 6) is -0.515. The van der Waals surface area contributed by atoms with Gasteiger partial charge in [0.25, 0.3) is 0 Å². The van der Waals surface area contributed by atoms with Crippen LogP contribution in [-0.4, -0.2) is 39.6 Å². The Morgan fingerprint density at radius 2 is 1.43 bits per heavy atom. The van der Waals surface area contributed by atoms with E-state index in [0.717, 1.165) is 17.7 Å². The predicted octanol–water partition coefficient (Wildman–Crippen LogP) is 6.67. The van der Waals surface area contributed by atoms with Crippen molar-refractivity contribution in [2.45, 2.75) is 34.4 Å². The van der Waals surface area contributed by atoms with Crippen LogP contribution < -0.4 is 0 Å². The lowest BCUT2D eigenvalue weighted by atomic mass is 9.84. The number of alkyl halides is 3. The van der Waals surface area contributed by atoms with Crippen LogP contribution in [0.2, 0.25) is 0 Å². The predicted molar refractivity (Wildman–Crippen MR) is 149 cm³/mol. The van der Waals surface area contributed by atoms with Gasteiger partial charge >= 0.3 is 12.3 Å². The lowest BCUT2D eigenvalue weighted by molar-refractivity contribution is -0.248. The molecule has 1 saturated heterocycles. The zero-order valence-corrected chi connectivity index (χ0v) is 23.1. The maximum Gasteiger partial charge on any atom is 0.425 e. The molecule has 0 aliphatic carbocycles. The highest BCUT2D eigenvalue weighted by atomic mass is 32.2. The molecule has 3 atom stereocenters. The third-order valence-corrected chi connectivity index (χ3v) is 9.49. The summed E-state index contributed by atoms with van der Waals surface area (Å²) in [7, 11) is -1.84. The summed E-state index contributed by atoms with van der Waals surface area (Å²) in [6.07, 6.45) is -5.44. The van der Waals surface area contributed by atoms with Gasteiger partial charge in [0, 0.05) is 18.0 Å². The molecule has 1 N–H and O–H groups in total. The molecule has 0 aromatic heterocycles. The fourth-order valence-electron chi connectivity index (χ4n) is 5.21. The molecule has 10 heteroatoms. The SMILES string of the molecule is O=C(OCc1ccccc1)N1CC[C@](c2ccc(C(O)(c3ccccc3)C(F)(F)F)cc2)(S(=O)c2ccc(F)cc2)C1. The Hall–Kier alpha value is -4.02. The highest BCUT2D eigenvalue weighted by Gasteiger charge is 2.56. The van der Waals surface area contributed by atoms with Crippen LogP contribution in [0.5, 0.6) is 0 Å². The average molecular weight is 598 g/mol. The second-order valence-electron chi connectivity index (χ2n) is 10.1. The van der Waals surface area contributed by atoms with E-state index in [-0.39, 0.29) is 31.7 Å². The van der Waals surface area contributed by atoms with Gasteiger partial charge in [0.2, 0.25) is 5.60 Å². The number of hydrogen-bond acceptors (Lipinski definition) is 4. The van der Waals surface area contributed by atoms with Crippen LogP contribution in [0, 0.1) is 5.82 Å². The summed E-state index contributed by atoms with van der Waals surface area (Å²) in [6.45, 7) is 0.166. The monoisotopic (exact) mass is 597 g/mol. The standard InChI is InChI=1S/C32H27F4NO4S/c33-27-15-17-28(18-16-27)42(40)30(19-20-37(22-30)29(38)41-21-23-7-3-1-4-8-23)24-11-13-26(14-12-24)31(39,32(34,35)36)25-9-5-2-6-10-25/h1-18,39H,19-22H2/t30-,31?,42?/m0/s1. The Bertz CT molecular complexity index is 1550. The third kappa shape index (κ3) is 5.56. The van der Waals surface area contributed by atoms with Crippen LogP contribution in [-0.2, 0) is 32.5 Å². The van der Waals surface area contributed by atoms with Crippen molar-refractivity contribution in [3.05, 3.63) is 137 Å². The van der Waals surface area contributed by atoms with Gasteiger partial charge in [0.15, 0.2) is 0 Å². The zero-order chi connectivity index (χ0) is 30.0. The van der Waals surface area contributed by atoms with E-state index in [9.17, 15) is 31.7 Å². The van der Waals surface area contributed by atoms with Gasteiger partial charge in [-0.3, -0.25) is 4.21 Å². The molecule has 1 aliphatic rings. The maximum atomic E-state index is 14.3. The van der Waals surface area contributed by atoms with Crippen molar-refractivity contribution in [3.63, 3.8) is 0 Å². The van der Waals surface area contributed by atoms with E-state index < -0.39 is 44.8 Å². The smallest absolute Gasteiger partial charge is 0.425 e. The van der Waals surface area contributed by atoms with Crippen molar-refractivity contribution in [1.82, 2.24) is 4.90 Å². The largest absolute Gasteiger partial charge is 0.445 e. The summed E-state index contributed by atoms with van der Waals surface area (Å²) in [6, 6.07) is 26.1. The first-order valence-electron chi connectivity index (χ1n) is 13.1. The first-order valence-corrected chi connectivity index (χ1v) is 14.3. The molecule has 4 aromatic rings. The molecular weight excluding hydrogens is 570 g/mol. The van der Waals surface area contributed by atoms with E-state index in [0.29, 0.717) is 10.5 Å². The van der Waals surface area contributed by atoms with Crippen LogP contribution in [0.1, 0.15) is 28.7 Å². The van der Waals surface area contributed by atoms with E-state index in [1.807, 2.05) is 30.3 Å². The number of ether oxygens (including phenoxy) is 1. The fraction of sp³-hybridized carbons (Fsp3) is 0.219. The topological polar surface area (TPSA) is 66.8 Å². The van der Waals surface area contributed by atoms with Crippen molar-refractivity contribution in [3.8, 4) is 0 Å². The summed E-state index contributed by atoms with van der Waals surface area (Å²) in [4.78, 5) is 14.7. The zero-order valence-electron chi connectivity index (χ0n) is 22.3. The highest BCUT2D eigenvalue weighted by Crippen LogP contribution is 2.46. The molecule has 4 aromatic carbocycles. The molecule has 1 amide bonds. The molecule has 5 rings (SSSR count). The molecule has 0 saturated carbocycles. The van der Waals surface area contributed by atoms with Gasteiger partial charge in [-0.25, -0.2) is 9.18 Å². The maximum absolute atomic E-state index is 14.3. The summed E-state index contributed by atoms with van der Waals surface area (Å²) < 4.78 is 74.8. The Kier molecular flexibility index (Phi) is 8.21. The number of carbonyl (C=O) groups is 1. The number of rotatable bonds is 7. The second kappa shape index (κ2) is 11.7. The van der Waals surface area contributed by atoms with Crippen LogP contribution in [0.25, 0.3) is 0 Å². The second-order valence-corrected chi connectivity index (χ2v) is 11.9. The molecule has 218 valence electrons. The molecule has 0 spiro atoms. The number of hydrogen-bond donors (Lipinski definition) is 1. The van der Waals surface area contributed by atoms with E-state index in [4.69, 9.17) is 4.74 Å². The minimum absolute atomic E-state index is 0.0361. The number of nitrogens with zero attached hydrogens (tertiary/aromatic N) is 1. The fourth-order valence-corrected chi connectivity index (χ4v) is 6.95. The number of carbonyl (C=O) groups excluding carboxylic acids is 1. The van der Waals surface area contributed by atoms with Gasteiger partial charge in [-0.15, -0.1) is 0 Å². The van der Waals surface area contributed by atoms with Crippen molar-refractivity contribution < 1.29 is 36.4 Å². The van der Waals surface area contributed by atoms with E-state index in [1.165, 1.54) is 65.6 Å². The Morgan fingerprint density at radius 1 is 0.857 bits per heavy atom. The third-order valence-electron chi connectivity index (χ3n) is 7.51. The van der Waals surface area contributed by atoms with E-state index in [1.54, 1.807) is 6.07 Å². The van der Waals surface area contributed by atoms with E-state index >= 15 is 0 Å².